The Hall–Kier alpha value is -1.02. The van der Waals surface area contributed by atoms with Crippen LogP contribution in [0.3, 0.4) is 0 Å². The van der Waals surface area contributed by atoms with E-state index in [0.29, 0.717) is 11.8 Å². The van der Waals surface area contributed by atoms with E-state index in [1.54, 1.807) is 0 Å². The Balaban J connectivity index is 2.84. The summed E-state index contributed by atoms with van der Waals surface area (Å²) in [6, 6.07) is 8.51. The minimum atomic E-state index is -0.155. The number of carbonyl (C=O) groups is 1. The van der Waals surface area contributed by atoms with Gasteiger partial charge in [-0.25, -0.2) is 0 Å². The number of amides is 1. The van der Waals surface area contributed by atoms with Gasteiger partial charge in [0.15, 0.2) is 0 Å². The average Bonchev–Trinajstić information content (AvgIpc) is 2.43. The topological polar surface area (TPSA) is 29.1 Å². The van der Waals surface area contributed by atoms with Gasteiger partial charge in [-0.3, -0.25) is 4.79 Å². The molecule has 1 amide bonds. The SMILES string of the molecule is CCc1ccc(C(NC(=O)C(C)CCl)C(C)C)cc1. The number of aryl methyl sites for hydroxylation is 1. The zero-order chi connectivity index (χ0) is 14.4. The lowest BCUT2D eigenvalue weighted by Gasteiger charge is -2.24. The Kier molecular flexibility index (Phi) is 6.36. The average molecular weight is 282 g/mol. The molecular formula is C16H24ClNO. The van der Waals surface area contributed by atoms with Gasteiger partial charge < -0.3 is 5.32 Å². The van der Waals surface area contributed by atoms with E-state index in [4.69, 9.17) is 11.6 Å². The van der Waals surface area contributed by atoms with E-state index in [0.717, 1.165) is 12.0 Å². The van der Waals surface area contributed by atoms with Crippen molar-refractivity contribution < 1.29 is 4.79 Å². The normalized spacial score (nSPS) is 14.2. The lowest BCUT2D eigenvalue weighted by molar-refractivity contribution is -0.125. The third kappa shape index (κ3) is 4.54. The monoisotopic (exact) mass is 281 g/mol. The van der Waals surface area contributed by atoms with Crippen molar-refractivity contribution in [3.63, 3.8) is 0 Å². The van der Waals surface area contributed by atoms with Crippen LogP contribution < -0.4 is 5.32 Å². The molecule has 0 aliphatic heterocycles. The van der Waals surface area contributed by atoms with Gasteiger partial charge in [0.2, 0.25) is 5.91 Å². The number of halogens is 1. The van der Waals surface area contributed by atoms with Crippen LogP contribution in [0.15, 0.2) is 24.3 Å². The highest BCUT2D eigenvalue weighted by Crippen LogP contribution is 2.22. The Labute approximate surface area is 121 Å². The van der Waals surface area contributed by atoms with Crippen molar-refractivity contribution in [3.8, 4) is 0 Å². The molecule has 2 nitrogen and oxygen atoms in total. The number of benzene rings is 1. The first-order chi connectivity index (χ1) is 8.99. The lowest BCUT2D eigenvalue weighted by Crippen LogP contribution is -2.35. The van der Waals surface area contributed by atoms with Crippen molar-refractivity contribution in [3.05, 3.63) is 35.4 Å². The molecular weight excluding hydrogens is 258 g/mol. The van der Waals surface area contributed by atoms with Crippen LogP contribution >= 0.6 is 11.6 Å². The van der Waals surface area contributed by atoms with Crippen LogP contribution in [0.25, 0.3) is 0 Å². The molecule has 0 spiro atoms. The molecule has 19 heavy (non-hydrogen) atoms. The van der Waals surface area contributed by atoms with Crippen LogP contribution in [0, 0.1) is 11.8 Å². The Morgan fingerprint density at radius 1 is 1.21 bits per heavy atom. The van der Waals surface area contributed by atoms with E-state index in [9.17, 15) is 4.79 Å². The van der Waals surface area contributed by atoms with Gasteiger partial charge in [0.1, 0.15) is 0 Å². The standard InChI is InChI=1S/C16H24ClNO/c1-5-13-6-8-14(9-7-13)15(11(2)3)18-16(19)12(4)10-17/h6-9,11-12,15H,5,10H2,1-4H3,(H,18,19). The second kappa shape index (κ2) is 7.54. The molecule has 1 aromatic rings. The number of alkyl halides is 1. The van der Waals surface area contributed by atoms with Gasteiger partial charge in [0, 0.05) is 11.8 Å². The number of nitrogens with one attached hydrogen (secondary N) is 1. The maximum absolute atomic E-state index is 12.0. The molecule has 2 atom stereocenters. The fourth-order valence-electron chi connectivity index (χ4n) is 1.96. The number of hydrogen-bond acceptors (Lipinski definition) is 1. The first kappa shape index (κ1) is 16.0. The Morgan fingerprint density at radius 3 is 2.21 bits per heavy atom. The second-order valence-electron chi connectivity index (χ2n) is 5.38. The van der Waals surface area contributed by atoms with Crippen LogP contribution in [0.5, 0.6) is 0 Å². The molecule has 1 N–H and O–H groups in total. The van der Waals surface area contributed by atoms with E-state index in [-0.39, 0.29) is 17.9 Å². The summed E-state index contributed by atoms with van der Waals surface area (Å²) in [6.07, 6.45) is 1.03. The summed E-state index contributed by atoms with van der Waals surface area (Å²) >= 11 is 5.73. The highest BCUT2D eigenvalue weighted by Gasteiger charge is 2.21. The summed E-state index contributed by atoms with van der Waals surface area (Å²) in [5.74, 6) is 0.566. The number of hydrogen-bond donors (Lipinski definition) is 1. The van der Waals surface area contributed by atoms with E-state index >= 15 is 0 Å². The van der Waals surface area contributed by atoms with E-state index < -0.39 is 0 Å². The zero-order valence-electron chi connectivity index (χ0n) is 12.2. The second-order valence-corrected chi connectivity index (χ2v) is 5.69. The van der Waals surface area contributed by atoms with Gasteiger partial charge in [-0.15, -0.1) is 11.6 Å². The van der Waals surface area contributed by atoms with Crippen molar-refractivity contribution in [2.24, 2.45) is 11.8 Å². The van der Waals surface area contributed by atoms with E-state index in [1.165, 1.54) is 5.56 Å². The summed E-state index contributed by atoms with van der Waals surface area (Å²) in [5, 5.41) is 3.10. The van der Waals surface area contributed by atoms with E-state index in [2.05, 4.69) is 50.4 Å². The minimum Gasteiger partial charge on any atom is -0.349 e. The van der Waals surface area contributed by atoms with E-state index in [1.807, 2.05) is 6.92 Å². The summed E-state index contributed by atoms with van der Waals surface area (Å²) in [6.45, 7) is 8.22. The molecule has 0 bridgehead atoms. The van der Waals surface area contributed by atoms with Crippen LogP contribution in [0.1, 0.15) is 44.9 Å². The smallest absolute Gasteiger partial charge is 0.224 e. The summed E-state index contributed by atoms with van der Waals surface area (Å²) in [7, 11) is 0. The first-order valence-corrected chi connectivity index (χ1v) is 7.48. The number of carbonyl (C=O) groups excluding carboxylic acids is 1. The van der Waals surface area contributed by atoms with Crippen LogP contribution in [-0.4, -0.2) is 11.8 Å². The molecule has 0 saturated heterocycles. The molecule has 1 rings (SSSR count). The highest BCUT2D eigenvalue weighted by molar-refractivity contribution is 6.19. The molecule has 0 aliphatic carbocycles. The van der Waals surface area contributed by atoms with Gasteiger partial charge in [0.25, 0.3) is 0 Å². The molecule has 0 fully saturated rings. The highest BCUT2D eigenvalue weighted by atomic mass is 35.5. The van der Waals surface area contributed by atoms with Crippen LogP contribution in [0.2, 0.25) is 0 Å². The van der Waals surface area contributed by atoms with Gasteiger partial charge in [0.05, 0.1) is 6.04 Å². The van der Waals surface area contributed by atoms with Gasteiger partial charge in [-0.1, -0.05) is 52.0 Å². The summed E-state index contributed by atoms with van der Waals surface area (Å²) in [5.41, 5.74) is 2.47. The fourth-order valence-corrected chi connectivity index (χ4v) is 2.10. The molecule has 0 saturated carbocycles. The maximum Gasteiger partial charge on any atom is 0.224 e. The molecule has 0 aromatic heterocycles. The predicted octanol–water partition coefficient (Wildman–Crippen LogP) is 3.94. The first-order valence-electron chi connectivity index (χ1n) is 6.94. The van der Waals surface area contributed by atoms with Crippen LogP contribution in [0.4, 0.5) is 0 Å². The Morgan fingerprint density at radius 2 is 1.79 bits per heavy atom. The Bertz CT molecular complexity index is 400. The number of rotatable bonds is 6. The lowest BCUT2D eigenvalue weighted by atomic mass is 9.94. The molecule has 3 heteroatoms. The van der Waals surface area contributed by atoms with Crippen molar-refractivity contribution in [2.75, 3.05) is 5.88 Å². The van der Waals surface area contributed by atoms with Gasteiger partial charge >= 0.3 is 0 Å². The summed E-state index contributed by atoms with van der Waals surface area (Å²) in [4.78, 5) is 12.0. The molecule has 1 aromatic carbocycles. The summed E-state index contributed by atoms with van der Waals surface area (Å²) < 4.78 is 0. The largest absolute Gasteiger partial charge is 0.349 e. The molecule has 2 unspecified atom stereocenters. The van der Waals surface area contributed by atoms with Crippen molar-refractivity contribution in [1.82, 2.24) is 5.32 Å². The van der Waals surface area contributed by atoms with Gasteiger partial charge in [-0.2, -0.15) is 0 Å². The third-order valence-corrected chi connectivity index (χ3v) is 3.85. The molecule has 0 radical (unpaired) electrons. The molecule has 0 aliphatic rings. The van der Waals surface area contributed by atoms with Crippen molar-refractivity contribution >= 4 is 17.5 Å². The molecule has 106 valence electrons. The quantitative estimate of drug-likeness (QED) is 0.786. The van der Waals surface area contributed by atoms with Gasteiger partial charge in [-0.05, 0) is 23.5 Å². The predicted molar refractivity (Wildman–Crippen MR) is 81.4 cm³/mol. The fraction of sp³-hybridized carbons (Fsp3) is 0.562. The molecule has 0 heterocycles. The van der Waals surface area contributed by atoms with Crippen LogP contribution in [-0.2, 0) is 11.2 Å². The van der Waals surface area contributed by atoms with Crippen molar-refractivity contribution in [2.45, 2.75) is 40.2 Å². The third-order valence-electron chi connectivity index (χ3n) is 3.39. The maximum atomic E-state index is 12.0. The zero-order valence-corrected chi connectivity index (χ0v) is 13.0. The van der Waals surface area contributed by atoms with Crippen molar-refractivity contribution in [1.29, 1.82) is 0 Å². The minimum absolute atomic E-state index is 0.0215.